The van der Waals surface area contributed by atoms with Crippen molar-refractivity contribution in [3.8, 4) is 0 Å². The van der Waals surface area contributed by atoms with Crippen LogP contribution in [-0.4, -0.2) is 60.8 Å². The number of carbonyl (C=O) groups excluding carboxylic acids is 4. The second-order valence-corrected chi connectivity index (χ2v) is 19.2. The summed E-state index contributed by atoms with van der Waals surface area (Å²) < 4.78 is 17.5. The number of ether oxygens (including phenoxy) is 3. The lowest BCUT2D eigenvalue weighted by Crippen LogP contribution is -2.66. The van der Waals surface area contributed by atoms with Gasteiger partial charge in [0, 0.05) is 49.7 Å². The molecule has 7 nitrogen and oxygen atoms in total. The van der Waals surface area contributed by atoms with E-state index in [4.69, 9.17) is 14.2 Å². The molecule has 0 N–H and O–H groups in total. The Hall–Kier alpha value is -2.35. The van der Waals surface area contributed by atoms with Gasteiger partial charge < -0.3 is 14.2 Å². The molecule has 250 valence electrons. The standard InChI is InChI=1S/C37H54O7S/c1-22(14-17-34(41)42-6)28-15-16-29-35-30(21-32(37(28,29)5)44-24(3)39)36(4)25(19-31(35)43-23(2)38)18-26(40)20-33(36)45(7,8)27-12-10-9-11-13-27/h9-13,22,25,28-33,35H,14-21H2,1-8H3/t22-,25+,28-,29+,30?,31-,32+,33-,35?,36+,37-/m1/s1. The average Bonchev–Trinajstić information content (AvgIpc) is 3.34. The molecule has 0 spiro atoms. The summed E-state index contributed by atoms with van der Waals surface area (Å²) in [7, 11) is 0.0123. The average molecular weight is 643 g/mol. The maximum absolute atomic E-state index is 13.5. The van der Waals surface area contributed by atoms with Crippen molar-refractivity contribution in [3.63, 3.8) is 0 Å². The number of hydrogen-bond donors (Lipinski definition) is 0. The molecule has 0 bridgehead atoms. The summed E-state index contributed by atoms with van der Waals surface area (Å²) in [4.78, 5) is 52.3. The Morgan fingerprint density at radius 1 is 0.933 bits per heavy atom. The maximum Gasteiger partial charge on any atom is 0.305 e. The topological polar surface area (TPSA) is 96.0 Å². The number of rotatable bonds is 8. The van der Waals surface area contributed by atoms with Crippen molar-refractivity contribution in [2.45, 2.75) is 108 Å². The molecule has 45 heavy (non-hydrogen) atoms. The molecule has 4 aliphatic carbocycles. The molecule has 4 saturated carbocycles. The van der Waals surface area contributed by atoms with Crippen molar-refractivity contribution < 1.29 is 33.4 Å². The maximum atomic E-state index is 13.5. The molecule has 0 aliphatic heterocycles. The van der Waals surface area contributed by atoms with Gasteiger partial charge in [-0.25, -0.2) is 10.0 Å². The molecule has 0 radical (unpaired) electrons. The van der Waals surface area contributed by atoms with Gasteiger partial charge in [0.25, 0.3) is 0 Å². The molecule has 4 aliphatic rings. The van der Waals surface area contributed by atoms with Crippen LogP contribution < -0.4 is 0 Å². The van der Waals surface area contributed by atoms with E-state index in [9.17, 15) is 19.2 Å². The van der Waals surface area contributed by atoms with Gasteiger partial charge in [-0.2, -0.15) is 0 Å². The number of carbonyl (C=O) groups is 4. The van der Waals surface area contributed by atoms with Crippen LogP contribution in [-0.2, 0) is 33.4 Å². The molecule has 5 rings (SSSR count). The van der Waals surface area contributed by atoms with E-state index in [1.807, 2.05) is 6.07 Å². The lowest BCUT2D eigenvalue weighted by atomic mass is 9.43. The molecule has 0 heterocycles. The van der Waals surface area contributed by atoms with Crippen molar-refractivity contribution in [2.24, 2.45) is 46.3 Å². The largest absolute Gasteiger partial charge is 0.469 e. The zero-order chi connectivity index (χ0) is 32.9. The van der Waals surface area contributed by atoms with Crippen LogP contribution >= 0.6 is 10.0 Å². The minimum atomic E-state index is -1.42. The van der Waals surface area contributed by atoms with E-state index in [2.05, 4.69) is 57.5 Å². The van der Waals surface area contributed by atoms with Gasteiger partial charge in [-0.15, -0.1) is 0 Å². The van der Waals surface area contributed by atoms with Crippen LogP contribution in [0.5, 0.6) is 0 Å². The van der Waals surface area contributed by atoms with Crippen LogP contribution in [0.25, 0.3) is 0 Å². The minimum absolute atomic E-state index is 0.0864. The fourth-order valence-corrected chi connectivity index (χ4v) is 14.5. The Bertz CT molecular complexity index is 1290. The van der Waals surface area contributed by atoms with Gasteiger partial charge in [0.1, 0.15) is 18.0 Å². The Morgan fingerprint density at radius 3 is 2.22 bits per heavy atom. The molecule has 1 aromatic rings. The number of benzene rings is 1. The molecular weight excluding hydrogens is 588 g/mol. The highest BCUT2D eigenvalue weighted by Crippen LogP contribution is 2.73. The number of fused-ring (bicyclic) bond motifs is 5. The summed E-state index contributed by atoms with van der Waals surface area (Å²) >= 11 is 0. The Balaban J connectivity index is 1.61. The van der Waals surface area contributed by atoms with E-state index < -0.39 is 10.0 Å². The number of esters is 3. The Kier molecular flexibility index (Phi) is 9.59. The van der Waals surface area contributed by atoms with Crippen LogP contribution in [0.4, 0.5) is 0 Å². The third kappa shape index (κ3) is 5.87. The monoisotopic (exact) mass is 642 g/mol. The summed E-state index contributed by atoms with van der Waals surface area (Å²) in [5, 5.41) is 0.156. The van der Waals surface area contributed by atoms with Gasteiger partial charge in [-0.05, 0) is 84.5 Å². The van der Waals surface area contributed by atoms with Gasteiger partial charge >= 0.3 is 17.9 Å². The van der Waals surface area contributed by atoms with E-state index in [1.54, 1.807) is 0 Å². The van der Waals surface area contributed by atoms with Crippen LogP contribution in [0.3, 0.4) is 0 Å². The van der Waals surface area contributed by atoms with E-state index in [-0.39, 0.29) is 81.7 Å². The normalized spacial score (nSPS) is 38.6. The second kappa shape index (κ2) is 12.7. The molecule has 11 atom stereocenters. The zero-order valence-corrected chi connectivity index (χ0v) is 29.3. The first-order valence-electron chi connectivity index (χ1n) is 16.9. The molecule has 4 fully saturated rings. The highest BCUT2D eigenvalue weighted by Gasteiger charge is 2.69. The molecule has 2 unspecified atom stereocenters. The van der Waals surface area contributed by atoms with Crippen LogP contribution in [0, 0.1) is 46.3 Å². The predicted molar refractivity (Wildman–Crippen MR) is 176 cm³/mol. The number of hydrogen-bond acceptors (Lipinski definition) is 7. The van der Waals surface area contributed by atoms with Crippen molar-refractivity contribution in [1.29, 1.82) is 0 Å². The molecule has 8 heteroatoms. The lowest BCUT2D eigenvalue weighted by Gasteiger charge is -2.67. The van der Waals surface area contributed by atoms with E-state index in [0.717, 1.165) is 12.8 Å². The first-order chi connectivity index (χ1) is 21.1. The highest BCUT2D eigenvalue weighted by molar-refractivity contribution is 8.33. The molecule has 0 saturated heterocycles. The van der Waals surface area contributed by atoms with Crippen molar-refractivity contribution in [1.82, 2.24) is 0 Å². The van der Waals surface area contributed by atoms with Gasteiger partial charge in [-0.1, -0.05) is 51.1 Å². The van der Waals surface area contributed by atoms with Crippen LogP contribution in [0.2, 0.25) is 0 Å². The smallest absolute Gasteiger partial charge is 0.305 e. The summed E-state index contributed by atoms with van der Waals surface area (Å²) in [6.07, 6.45) is 9.61. The summed E-state index contributed by atoms with van der Waals surface area (Å²) in [5.74, 6) is 0.523. The SMILES string of the molecule is COC(=O)CC[C@@H](C)[C@H]1CC[C@H]2C3C(C[C@H](OC(C)=O)[C@]12C)[C@]1(C)[C@@H](CC(=O)C[C@H]1S(C)(C)c1ccccc1)C[C@H]3OC(C)=O. The van der Waals surface area contributed by atoms with Gasteiger partial charge in [0.15, 0.2) is 0 Å². The molecular formula is C37H54O7S. The quantitative estimate of drug-likeness (QED) is 0.223. The van der Waals surface area contributed by atoms with E-state index in [1.165, 1.54) is 25.9 Å². The highest BCUT2D eigenvalue weighted by atomic mass is 32.3. The number of ketones is 1. The number of methoxy groups -OCH3 is 1. The Labute approximate surface area is 271 Å². The van der Waals surface area contributed by atoms with E-state index >= 15 is 0 Å². The summed E-state index contributed by atoms with van der Waals surface area (Å²) in [6, 6.07) is 10.7. The summed E-state index contributed by atoms with van der Waals surface area (Å²) in [5.41, 5.74) is -0.524. The van der Waals surface area contributed by atoms with Crippen LogP contribution in [0.15, 0.2) is 35.2 Å². The fraction of sp³-hybridized carbons (Fsp3) is 0.730. The Morgan fingerprint density at radius 2 is 1.60 bits per heavy atom. The first-order valence-corrected chi connectivity index (χ1v) is 19.4. The van der Waals surface area contributed by atoms with Crippen LogP contribution in [0.1, 0.15) is 86.0 Å². The molecule has 0 aromatic heterocycles. The zero-order valence-electron chi connectivity index (χ0n) is 28.5. The van der Waals surface area contributed by atoms with Crippen molar-refractivity contribution in [3.05, 3.63) is 30.3 Å². The summed E-state index contributed by atoms with van der Waals surface area (Å²) in [6.45, 7) is 9.94. The first kappa shape index (κ1) is 34.0. The van der Waals surface area contributed by atoms with Gasteiger partial charge in [0.05, 0.1) is 7.11 Å². The molecule has 1 aromatic carbocycles. The van der Waals surface area contributed by atoms with Gasteiger partial charge in [-0.3, -0.25) is 19.2 Å². The molecule has 0 amide bonds. The van der Waals surface area contributed by atoms with Crippen molar-refractivity contribution in [2.75, 3.05) is 19.6 Å². The predicted octanol–water partition coefficient (Wildman–Crippen LogP) is 6.99. The van der Waals surface area contributed by atoms with Crippen molar-refractivity contribution >= 4 is 33.7 Å². The third-order valence-electron chi connectivity index (χ3n) is 13.1. The van der Waals surface area contributed by atoms with E-state index in [0.29, 0.717) is 44.3 Å². The van der Waals surface area contributed by atoms with Gasteiger partial charge in [0.2, 0.25) is 0 Å². The lowest BCUT2D eigenvalue weighted by molar-refractivity contribution is -0.218. The second-order valence-electron chi connectivity index (χ2n) is 15.4. The minimum Gasteiger partial charge on any atom is -0.469 e. The third-order valence-corrected chi connectivity index (χ3v) is 16.7. The fourth-order valence-electron chi connectivity index (χ4n) is 11.1. The number of Topliss-reactive ketones (excluding diaryl/α,β-unsaturated/α-hetero) is 1.